The van der Waals surface area contributed by atoms with Crippen molar-refractivity contribution in [1.29, 1.82) is 0 Å². The van der Waals surface area contributed by atoms with Crippen LogP contribution in [0.4, 0.5) is 9.39 Å². The van der Waals surface area contributed by atoms with Crippen LogP contribution in [0.25, 0.3) is 0 Å². The SMILES string of the molecule is Cc1cc(C(=O)O)c(NC(=O)c2cccnc2F)s1. The van der Waals surface area contributed by atoms with E-state index in [0.717, 1.165) is 16.2 Å². The second-order valence-electron chi connectivity index (χ2n) is 3.70. The number of thiophene rings is 1. The fourth-order valence-electron chi connectivity index (χ4n) is 1.49. The fourth-order valence-corrected chi connectivity index (χ4v) is 2.39. The topological polar surface area (TPSA) is 79.3 Å². The highest BCUT2D eigenvalue weighted by molar-refractivity contribution is 7.16. The standard InChI is InChI=1S/C12H9FN2O3S/c1-6-5-8(12(17)18)11(19-6)15-10(16)7-3-2-4-14-9(7)13/h2-5H,1H3,(H,15,16)(H,17,18). The Hall–Kier alpha value is -2.28. The largest absolute Gasteiger partial charge is 0.478 e. The first kappa shape index (κ1) is 13.2. The maximum atomic E-state index is 13.3. The molecule has 0 radical (unpaired) electrons. The number of rotatable bonds is 3. The van der Waals surface area contributed by atoms with E-state index in [0.29, 0.717) is 0 Å². The van der Waals surface area contributed by atoms with E-state index >= 15 is 0 Å². The molecule has 0 fully saturated rings. The van der Waals surface area contributed by atoms with Crippen LogP contribution in [0.3, 0.4) is 0 Å². The average molecular weight is 280 g/mol. The fraction of sp³-hybridized carbons (Fsp3) is 0.0833. The van der Waals surface area contributed by atoms with Crippen LogP contribution in [-0.2, 0) is 0 Å². The van der Waals surface area contributed by atoms with Crippen molar-refractivity contribution >= 4 is 28.2 Å². The third-order valence-corrected chi connectivity index (χ3v) is 3.28. The highest BCUT2D eigenvalue weighted by Gasteiger charge is 2.18. The van der Waals surface area contributed by atoms with Gasteiger partial charge >= 0.3 is 5.97 Å². The lowest BCUT2D eigenvalue weighted by Crippen LogP contribution is -2.15. The number of nitrogens with one attached hydrogen (secondary N) is 1. The highest BCUT2D eigenvalue weighted by atomic mass is 32.1. The van der Waals surface area contributed by atoms with Crippen molar-refractivity contribution in [1.82, 2.24) is 4.98 Å². The molecule has 2 N–H and O–H groups in total. The van der Waals surface area contributed by atoms with E-state index in [9.17, 15) is 14.0 Å². The van der Waals surface area contributed by atoms with Gasteiger partial charge in [0.25, 0.3) is 5.91 Å². The van der Waals surface area contributed by atoms with E-state index in [1.807, 2.05) is 0 Å². The number of anilines is 1. The van der Waals surface area contributed by atoms with Gasteiger partial charge in [-0.25, -0.2) is 9.78 Å². The lowest BCUT2D eigenvalue weighted by molar-refractivity contribution is 0.0698. The Balaban J connectivity index is 2.29. The van der Waals surface area contributed by atoms with Gasteiger partial charge in [-0.2, -0.15) is 4.39 Å². The molecule has 0 aliphatic heterocycles. The summed E-state index contributed by atoms with van der Waals surface area (Å²) >= 11 is 1.12. The maximum absolute atomic E-state index is 13.3. The van der Waals surface area contributed by atoms with Gasteiger partial charge in [0.05, 0.1) is 11.1 Å². The summed E-state index contributed by atoms with van der Waals surface area (Å²) in [5, 5.41) is 11.6. The maximum Gasteiger partial charge on any atom is 0.338 e. The molecule has 19 heavy (non-hydrogen) atoms. The van der Waals surface area contributed by atoms with Crippen LogP contribution in [0.15, 0.2) is 24.4 Å². The smallest absolute Gasteiger partial charge is 0.338 e. The predicted molar refractivity (Wildman–Crippen MR) is 68.2 cm³/mol. The molecule has 98 valence electrons. The molecule has 0 spiro atoms. The summed E-state index contributed by atoms with van der Waals surface area (Å²) in [6.07, 6.45) is 1.23. The lowest BCUT2D eigenvalue weighted by Gasteiger charge is -2.04. The van der Waals surface area contributed by atoms with Gasteiger partial charge in [-0.1, -0.05) is 0 Å². The molecule has 2 rings (SSSR count). The summed E-state index contributed by atoms with van der Waals surface area (Å²) in [6.45, 7) is 1.72. The van der Waals surface area contributed by atoms with Gasteiger partial charge in [-0.05, 0) is 25.1 Å². The summed E-state index contributed by atoms with van der Waals surface area (Å²) in [7, 11) is 0. The van der Waals surface area contributed by atoms with E-state index in [2.05, 4.69) is 10.3 Å². The predicted octanol–water partition coefficient (Wildman–Crippen LogP) is 2.54. The number of aromatic carboxylic acids is 1. The molecule has 2 heterocycles. The van der Waals surface area contributed by atoms with E-state index in [1.54, 1.807) is 6.92 Å². The summed E-state index contributed by atoms with van der Waals surface area (Å²) in [5.41, 5.74) is -0.245. The molecule has 5 nitrogen and oxygen atoms in total. The molecule has 0 aliphatic rings. The summed E-state index contributed by atoms with van der Waals surface area (Å²) in [5.74, 6) is -2.77. The van der Waals surface area contributed by atoms with E-state index < -0.39 is 17.8 Å². The van der Waals surface area contributed by atoms with Gasteiger partial charge in [-0.15, -0.1) is 11.3 Å². The van der Waals surface area contributed by atoms with Crippen LogP contribution in [0.2, 0.25) is 0 Å². The van der Waals surface area contributed by atoms with Gasteiger partial charge in [0.15, 0.2) is 0 Å². The normalized spacial score (nSPS) is 10.2. The molecule has 0 atom stereocenters. The molecule has 0 aromatic carbocycles. The third-order valence-electron chi connectivity index (χ3n) is 2.32. The van der Waals surface area contributed by atoms with Gasteiger partial charge in [-0.3, -0.25) is 4.79 Å². The molecule has 0 saturated carbocycles. The summed E-state index contributed by atoms with van der Waals surface area (Å²) in [6, 6.07) is 4.15. The first-order valence-electron chi connectivity index (χ1n) is 5.24. The number of amides is 1. The second-order valence-corrected chi connectivity index (χ2v) is 4.96. The highest BCUT2D eigenvalue weighted by Crippen LogP contribution is 2.28. The Morgan fingerprint density at radius 1 is 1.42 bits per heavy atom. The number of carbonyl (C=O) groups is 2. The number of carbonyl (C=O) groups excluding carboxylic acids is 1. The van der Waals surface area contributed by atoms with Gasteiger partial charge in [0.2, 0.25) is 5.95 Å². The zero-order valence-corrected chi connectivity index (χ0v) is 10.6. The third kappa shape index (κ3) is 2.76. The number of hydrogen-bond acceptors (Lipinski definition) is 4. The molecular formula is C12H9FN2O3S. The van der Waals surface area contributed by atoms with E-state index in [4.69, 9.17) is 5.11 Å². The number of carboxylic acid groups (broad SMARTS) is 1. The Kier molecular flexibility index (Phi) is 3.57. The van der Waals surface area contributed by atoms with Crippen molar-refractivity contribution in [3.8, 4) is 0 Å². The minimum absolute atomic E-state index is 0.0138. The monoisotopic (exact) mass is 280 g/mol. The molecule has 0 saturated heterocycles. The van der Waals surface area contributed by atoms with Crippen molar-refractivity contribution in [2.75, 3.05) is 5.32 Å². The quantitative estimate of drug-likeness (QED) is 0.847. The second kappa shape index (κ2) is 5.15. The Labute approximate surface area is 111 Å². The number of aryl methyl sites for hydroxylation is 1. The summed E-state index contributed by atoms with van der Waals surface area (Å²) < 4.78 is 13.3. The molecule has 0 aliphatic carbocycles. The van der Waals surface area contributed by atoms with Gasteiger partial charge in [0, 0.05) is 11.1 Å². The van der Waals surface area contributed by atoms with Crippen molar-refractivity contribution in [2.24, 2.45) is 0 Å². The zero-order chi connectivity index (χ0) is 14.0. The zero-order valence-electron chi connectivity index (χ0n) is 9.81. The number of pyridine rings is 1. The molecule has 0 bridgehead atoms. The van der Waals surface area contributed by atoms with Crippen molar-refractivity contribution in [3.05, 3.63) is 46.3 Å². The van der Waals surface area contributed by atoms with Crippen LogP contribution >= 0.6 is 11.3 Å². The average Bonchev–Trinajstić information content (AvgIpc) is 2.70. The molecule has 0 unspecified atom stereocenters. The van der Waals surface area contributed by atoms with Crippen LogP contribution < -0.4 is 5.32 Å². The Morgan fingerprint density at radius 3 is 2.79 bits per heavy atom. The molecule has 7 heteroatoms. The van der Waals surface area contributed by atoms with Crippen LogP contribution in [-0.4, -0.2) is 22.0 Å². The lowest BCUT2D eigenvalue weighted by atomic mass is 10.2. The van der Waals surface area contributed by atoms with E-state index in [-0.39, 0.29) is 16.1 Å². The number of aromatic nitrogens is 1. The van der Waals surface area contributed by atoms with Crippen LogP contribution in [0, 0.1) is 12.9 Å². The van der Waals surface area contributed by atoms with Crippen molar-refractivity contribution in [3.63, 3.8) is 0 Å². The number of halogens is 1. The molecule has 1 amide bonds. The van der Waals surface area contributed by atoms with E-state index in [1.165, 1.54) is 24.4 Å². The summed E-state index contributed by atoms with van der Waals surface area (Å²) in [4.78, 5) is 26.9. The van der Waals surface area contributed by atoms with Crippen molar-refractivity contribution < 1.29 is 19.1 Å². The first-order chi connectivity index (χ1) is 8.99. The van der Waals surface area contributed by atoms with Crippen LogP contribution in [0.5, 0.6) is 0 Å². The number of nitrogens with zero attached hydrogens (tertiary/aromatic N) is 1. The Bertz CT molecular complexity index is 654. The van der Waals surface area contributed by atoms with Crippen LogP contribution in [0.1, 0.15) is 25.6 Å². The Morgan fingerprint density at radius 2 is 2.16 bits per heavy atom. The minimum Gasteiger partial charge on any atom is -0.478 e. The first-order valence-corrected chi connectivity index (χ1v) is 6.06. The number of carboxylic acids is 1. The minimum atomic E-state index is -1.15. The van der Waals surface area contributed by atoms with Gasteiger partial charge in [0.1, 0.15) is 5.00 Å². The van der Waals surface area contributed by atoms with Gasteiger partial charge < -0.3 is 10.4 Å². The molecule has 2 aromatic rings. The molecular weight excluding hydrogens is 271 g/mol. The number of hydrogen-bond donors (Lipinski definition) is 2. The molecule has 2 aromatic heterocycles. The van der Waals surface area contributed by atoms with Crippen molar-refractivity contribution in [2.45, 2.75) is 6.92 Å².